The van der Waals surface area contributed by atoms with Gasteiger partial charge in [0.1, 0.15) is 12.3 Å². The van der Waals surface area contributed by atoms with Crippen molar-refractivity contribution < 1.29 is 17.9 Å². The number of amides is 1. The third-order valence-electron chi connectivity index (χ3n) is 6.13. The quantitative estimate of drug-likeness (QED) is 0.361. The monoisotopic (exact) mass is 528 g/mol. The third kappa shape index (κ3) is 6.02. The van der Waals surface area contributed by atoms with E-state index in [1.165, 1.54) is 12.1 Å². The number of benzene rings is 3. The molecule has 0 aromatic heterocycles. The lowest BCUT2D eigenvalue weighted by molar-refractivity contribution is -0.120. The van der Waals surface area contributed by atoms with E-state index in [1.807, 2.05) is 26.0 Å². The molecule has 0 saturated heterocycles. The van der Waals surface area contributed by atoms with Crippen LogP contribution in [0.25, 0.3) is 0 Å². The minimum Gasteiger partial charge on any atom is -0.496 e. The molecule has 0 bridgehead atoms. The SMILES string of the molecule is COc1cc(C)c(C(C)NC(=O)CN(c2ccc(Cl)cc2C)S(=O)(=O)c2ccccc2)cc1C(C)C. The van der Waals surface area contributed by atoms with E-state index in [4.69, 9.17) is 16.3 Å². The van der Waals surface area contributed by atoms with Gasteiger partial charge < -0.3 is 10.1 Å². The van der Waals surface area contributed by atoms with Crippen LogP contribution in [0, 0.1) is 13.8 Å². The Morgan fingerprint density at radius 2 is 1.64 bits per heavy atom. The predicted molar refractivity (Wildman–Crippen MR) is 146 cm³/mol. The molecule has 0 saturated carbocycles. The van der Waals surface area contributed by atoms with Gasteiger partial charge in [0.15, 0.2) is 0 Å². The standard InChI is InChI=1S/C28H33ClN2O4S/c1-18(2)24-16-25(19(3)15-27(24)35-6)21(5)30-28(32)17-31(26-13-12-22(29)14-20(26)4)36(33,34)23-10-8-7-9-11-23/h7-16,18,21H,17H2,1-6H3,(H,30,32). The van der Waals surface area contributed by atoms with Crippen LogP contribution in [0.5, 0.6) is 5.75 Å². The molecule has 0 spiro atoms. The van der Waals surface area contributed by atoms with E-state index >= 15 is 0 Å². The number of hydrogen-bond donors (Lipinski definition) is 1. The van der Waals surface area contributed by atoms with Gasteiger partial charge in [0.05, 0.1) is 23.7 Å². The molecule has 0 aliphatic carbocycles. The van der Waals surface area contributed by atoms with Gasteiger partial charge in [0.25, 0.3) is 10.0 Å². The summed E-state index contributed by atoms with van der Waals surface area (Å²) in [5.74, 6) is 0.627. The number of sulfonamides is 1. The van der Waals surface area contributed by atoms with Crippen LogP contribution in [-0.2, 0) is 14.8 Å². The lowest BCUT2D eigenvalue weighted by Gasteiger charge is -2.27. The third-order valence-corrected chi connectivity index (χ3v) is 8.14. The Labute approximate surface area is 219 Å². The number of rotatable bonds is 9. The number of hydrogen-bond acceptors (Lipinski definition) is 4. The lowest BCUT2D eigenvalue weighted by atomic mass is 9.93. The number of ether oxygens (including phenoxy) is 1. The average Bonchev–Trinajstić information content (AvgIpc) is 2.82. The van der Waals surface area contributed by atoms with Crippen molar-refractivity contribution in [3.8, 4) is 5.75 Å². The fraction of sp³-hybridized carbons (Fsp3) is 0.321. The van der Waals surface area contributed by atoms with E-state index in [0.717, 1.165) is 26.7 Å². The summed E-state index contributed by atoms with van der Waals surface area (Å²) in [6.07, 6.45) is 0. The Bertz CT molecular complexity index is 1340. The summed E-state index contributed by atoms with van der Waals surface area (Å²) >= 11 is 6.11. The molecule has 1 unspecified atom stereocenters. The van der Waals surface area contributed by atoms with Gasteiger partial charge in [-0.25, -0.2) is 8.42 Å². The summed E-state index contributed by atoms with van der Waals surface area (Å²) in [7, 11) is -2.36. The van der Waals surface area contributed by atoms with Crippen molar-refractivity contribution in [2.24, 2.45) is 0 Å². The summed E-state index contributed by atoms with van der Waals surface area (Å²) < 4.78 is 33.9. The maximum Gasteiger partial charge on any atom is 0.264 e. The first-order valence-corrected chi connectivity index (χ1v) is 13.6. The second kappa shape index (κ2) is 11.4. The number of anilines is 1. The topological polar surface area (TPSA) is 75.7 Å². The number of halogens is 1. The Kier molecular flexibility index (Phi) is 8.69. The molecule has 1 atom stereocenters. The number of carbonyl (C=O) groups excluding carboxylic acids is 1. The zero-order valence-electron chi connectivity index (χ0n) is 21.5. The summed E-state index contributed by atoms with van der Waals surface area (Å²) in [5, 5.41) is 3.47. The Balaban J connectivity index is 1.94. The molecule has 0 fully saturated rings. The normalized spacial score (nSPS) is 12.3. The zero-order chi connectivity index (χ0) is 26.6. The highest BCUT2D eigenvalue weighted by Crippen LogP contribution is 2.32. The fourth-order valence-corrected chi connectivity index (χ4v) is 5.96. The minimum absolute atomic E-state index is 0.104. The maximum atomic E-state index is 13.6. The van der Waals surface area contributed by atoms with Crippen LogP contribution >= 0.6 is 11.6 Å². The molecular formula is C28H33ClN2O4S. The fourth-order valence-electron chi connectivity index (χ4n) is 4.22. The van der Waals surface area contributed by atoms with Crippen LogP contribution in [0.4, 0.5) is 5.69 Å². The van der Waals surface area contributed by atoms with E-state index in [-0.39, 0.29) is 23.4 Å². The average molecular weight is 529 g/mol. The molecule has 1 amide bonds. The lowest BCUT2D eigenvalue weighted by Crippen LogP contribution is -2.42. The first-order chi connectivity index (χ1) is 16.9. The highest BCUT2D eigenvalue weighted by molar-refractivity contribution is 7.92. The highest BCUT2D eigenvalue weighted by atomic mass is 35.5. The van der Waals surface area contributed by atoms with Crippen molar-refractivity contribution in [3.63, 3.8) is 0 Å². The van der Waals surface area contributed by atoms with Gasteiger partial charge in [0, 0.05) is 5.02 Å². The first-order valence-electron chi connectivity index (χ1n) is 11.8. The van der Waals surface area contributed by atoms with Crippen molar-refractivity contribution in [1.29, 1.82) is 0 Å². The molecule has 8 heteroatoms. The van der Waals surface area contributed by atoms with Gasteiger partial charge in [-0.2, -0.15) is 0 Å². The van der Waals surface area contributed by atoms with Crippen molar-refractivity contribution in [1.82, 2.24) is 5.32 Å². The summed E-state index contributed by atoms with van der Waals surface area (Å²) in [6.45, 7) is 9.41. The number of nitrogens with one attached hydrogen (secondary N) is 1. The molecule has 0 aliphatic rings. The molecule has 1 N–H and O–H groups in total. The second-order valence-corrected chi connectivity index (χ2v) is 11.4. The molecule has 36 heavy (non-hydrogen) atoms. The minimum atomic E-state index is -4.01. The number of nitrogens with zero attached hydrogens (tertiary/aromatic N) is 1. The summed E-state index contributed by atoms with van der Waals surface area (Å²) in [6, 6.07) is 16.7. The van der Waals surface area contributed by atoms with Gasteiger partial charge in [-0.1, -0.05) is 43.6 Å². The highest BCUT2D eigenvalue weighted by Gasteiger charge is 2.29. The molecule has 0 aliphatic heterocycles. The van der Waals surface area contributed by atoms with Crippen molar-refractivity contribution >= 4 is 33.2 Å². The first kappa shape index (κ1) is 27.6. The van der Waals surface area contributed by atoms with Crippen LogP contribution in [0.3, 0.4) is 0 Å². The number of aryl methyl sites for hydroxylation is 2. The molecule has 192 valence electrons. The molecule has 0 heterocycles. The van der Waals surface area contributed by atoms with E-state index < -0.39 is 15.9 Å². The molecular weight excluding hydrogens is 496 g/mol. The van der Waals surface area contributed by atoms with E-state index in [2.05, 4.69) is 19.2 Å². The zero-order valence-corrected chi connectivity index (χ0v) is 23.1. The summed E-state index contributed by atoms with van der Waals surface area (Å²) in [4.78, 5) is 13.4. The molecule has 3 aromatic rings. The van der Waals surface area contributed by atoms with Crippen LogP contribution in [0.1, 0.15) is 55.0 Å². The van der Waals surface area contributed by atoms with Crippen molar-refractivity contribution in [3.05, 3.63) is 87.9 Å². The molecule has 3 aromatic carbocycles. The van der Waals surface area contributed by atoms with Crippen LogP contribution in [0.15, 0.2) is 65.6 Å². The molecule has 6 nitrogen and oxygen atoms in total. The smallest absolute Gasteiger partial charge is 0.264 e. The predicted octanol–water partition coefficient (Wildman–Crippen LogP) is 6.16. The Hall–Kier alpha value is -3.03. The van der Waals surface area contributed by atoms with Crippen LogP contribution in [-0.4, -0.2) is 28.0 Å². The van der Waals surface area contributed by atoms with Gasteiger partial charge in [-0.3, -0.25) is 9.10 Å². The van der Waals surface area contributed by atoms with E-state index in [1.54, 1.807) is 50.4 Å². The molecule has 0 radical (unpaired) electrons. The van der Waals surface area contributed by atoms with Crippen molar-refractivity contribution in [2.75, 3.05) is 18.0 Å². The second-order valence-electron chi connectivity index (χ2n) is 9.15. The number of methoxy groups -OCH3 is 1. The van der Waals surface area contributed by atoms with Gasteiger partial charge in [-0.05, 0) is 91.4 Å². The van der Waals surface area contributed by atoms with E-state index in [0.29, 0.717) is 16.3 Å². The summed E-state index contributed by atoms with van der Waals surface area (Å²) in [5.41, 5.74) is 4.02. The van der Waals surface area contributed by atoms with Gasteiger partial charge in [-0.15, -0.1) is 0 Å². The van der Waals surface area contributed by atoms with Crippen LogP contribution < -0.4 is 14.4 Å². The number of carbonyl (C=O) groups is 1. The van der Waals surface area contributed by atoms with E-state index in [9.17, 15) is 13.2 Å². The van der Waals surface area contributed by atoms with Gasteiger partial charge >= 0.3 is 0 Å². The maximum absolute atomic E-state index is 13.6. The Morgan fingerprint density at radius 1 is 0.972 bits per heavy atom. The van der Waals surface area contributed by atoms with Gasteiger partial charge in [0.2, 0.25) is 5.91 Å². The molecule has 3 rings (SSSR count). The Morgan fingerprint density at radius 3 is 2.22 bits per heavy atom. The van der Waals surface area contributed by atoms with Crippen molar-refractivity contribution in [2.45, 2.75) is 51.5 Å². The largest absolute Gasteiger partial charge is 0.496 e. The van der Waals surface area contributed by atoms with Crippen LogP contribution in [0.2, 0.25) is 5.02 Å².